The van der Waals surface area contributed by atoms with Crippen LogP contribution in [0.3, 0.4) is 0 Å². The predicted octanol–water partition coefficient (Wildman–Crippen LogP) is 2.73. The van der Waals surface area contributed by atoms with Crippen molar-refractivity contribution in [2.75, 3.05) is 31.9 Å². The zero-order valence-electron chi connectivity index (χ0n) is 13.7. The fourth-order valence-electron chi connectivity index (χ4n) is 1.96. The number of esters is 1. The van der Waals surface area contributed by atoms with Crippen LogP contribution in [0.2, 0.25) is 5.02 Å². The largest absolute Gasteiger partial charge is 0.497 e. The molecule has 2 aromatic carbocycles. The summed E-state index contributed by atoms with van der Waals surface area (Å²) in [6.45, 7) is -0.457. The van der Waals surface area contributed by atoms with E-state index in [1.54, 1.807) is 18.2 Å². The highest BCUT2D eigenvalue weighted by atomic mass is 35.5. The minimum atomic E-state index is -0.679. The van der Waals surface area contributed by atoms with E-state index in [0.717, 1.165) is 0 Å². The van der Waals surface area contributed by atoms with Crippen molar-refractivity contribution in [3.63, 3.8) is 0 Å². The van der Waals surface area contributed by atoms with Crippen LogP contribution in [0, 0.1) is 0 Å². The first kappa shape index (κ1) is 18.4. The van der Waals surface area contributed by atoms with Gasteiger partial charge in [0.05, 0.1) is 30.5 Å². The minimum Gasteiger partial charge on any atom is -0.497 e. The molecule has 0 saturated carbocycles. The average Bonchev–Trinajstić information content (AvgIpc) is 2.61. The van der Waals surface area contributed by atoms with Crippen molar-refractivity contribution >= 4 is 34.9 Å². The summed E-state index contributed by atoms with van der Waals surface area (Å²) >= 11 is 5.79. The first-order valence-corrected chi connectivity index (χ1v) is 7.56. The topological polar surface area (TPSA) is 99.9 Å². The maximum absolute atomic E-state index is 12.0. The molecule has 0 aliphatic heterocycles. The molecule has 0 spiro atoms. The molecule has 0 aromatic heterocycles. The molecule has 3 N–H and O–H groups in total. The highest BCUT2D eigenvalue weighted by molar-refractivity contribution is 6.33. The van der Waals surface area contributed by atoms with Crippen molar-refractivity contribution in [2.24, 2.45) is 0 Å². The van der Waals surface area contributed by atoms with Crippen molar-refractivity contribution in [3.05, 3.63) is 47.0 Å². The van der Waals surface area contributed by atoms with E-state index in [1.165, 1.54) is 32.4 Å². The Labute approximate surface area is 149 Å². The monoisotopic (exact) mass is 364 g/mol. The SMILES string of the molecule is COc1cc(NC(=O)COC(=O)c2ccc(Cl)c(N)c2)cc(OC)c1. The molecule has 25 heavy (non-hydrogen) atoms. The van der Waals surface area contributed by atoms with E-state index in [2.05, 4.69) is 5.32 Å². The van der Waals surface area contributed by atoms with Gasteiger partial charge in [0.2, 0.25) is 0 Å². The summed E-state index contributed by atoms with van der Waals surface area (Å²) in [5, 5.41) is 2.93. The quantitative estimate of drug-likeness (QED) is 0.604. The molecule has 0 aliphatic rings. The van der Waals surface area contributed by atoms with E-state index in [0.29, 0.717) is 22.2 Å². The minimum absolute atomic E-state index is 0.206. The molecule has 7 nitrogen and oxygen atoms in total. The maximum Gasteiger partial charge on any atom is 0.338 e. The molecular weight excluding hydrogens is 348 g/mol. The predicted molar refractivity (Wildman–Crippen MR) is 94.3 cm³/mol. The second-order valence-corrected chi connectivity index (χ2v) is 5.37. The van der Waals surface area contributed by atoms with Crippen molar-refractivity contribution in [1.29, 1.82) is 0 Å². The number of carbonyl (C=O) groups excluding carboxylic acids is 2. The van der Waals surface area contributed by atoms with Crippen molar-refractivity contribution in [1.82, 2.24) is 0 Å². The van der Waals surface area contributed by atoms with Crippen LogP contribution in [0.1, 0.15) is 10.4 Å². The number of halogens is 1. The van der Waals surface area contributed by atoms with Crippen LogP contribution in [-0.4, -0.2) is 32.7 Å². The molecule has 8 heteroatoms. The summed E-state index contributed by atoms with van der Waals surface area (Å²) in [7, 11) is 3.00. The fourth-order valence-corrected chi connectivity index (χ4v) is 2.08. The molecular formula is C17H17ClN2O5. The second-order valence-electron chi connectivity index (χ2n) is 4.96. The number of nitrogen functional groups attached to an aromatic ring is 1. The van der Waals surface area contributed by atoms with Gasteiger partial charge in [-0.1, -0.05) is 11.6 Å². The van der Waals surface area contributed by atoms with Gasteiger partial charge in [0, 0.05) is 23.9 Å². The number of benzene rings is 2. The average molecular weight is 365 g/mol. The van der Waals surface area contributed by atoms with Crippen LogP contribution < -0.4 is 20.5 Å². The molecule has 0 unspecified atom stereocenters. The number of hydrogen-bond donors (Lipinski definition) is 2. The molecule has 0 saturated heterocycles. The van der Waals surface area contributed by atoms with Gasteiger partial charge in [-0.05, 0) is 18.2 Å². The molecule has 0 atom stereocenters. The Balaban J connectivity index is 1.96. The number of anilines is 2. The third-order valence-electron chi connectivity index (χ3n) is 3.20. The van der Waals surface area contributed by atoms with E-state index in [-0.39, 0.29) is 11.3 Å². The van der Waals surface area contributed by atoms with Gasteiger partial charge in [0.25, 0.3) is 5.91 Å². The third-order valence-corrected chi connectivity index (χ3v) is 3.55. The van der Waals surface area contributed by atoms with Crippen molar-refractivity contribution < 1.29 is 23.8 Å². The number of hydrogen-bond acceptors (Lipinski definition) is 6. The van der Waals surface area contributed by atoms with Gasteiger partial charge >= 0.3 is 5.97 Å². The Morgan fingerprint density at radius 3 is 2.28 bits per heavy atom. The van der Waals surface area contributed by atoms with E-state index in [4.69, 9.17) is 31.5 Å². The Bertz CT molecular complexity index is 772. The number of methoxy groups -OCH3 is 2. The summed E-state index contributed by atoms with van der Waals surface area (Å²) in [5.74, 6) is -0.154. The summed E-state index contributed by atoms with van der Waals surface area (Å²) in [6.07, 6.45) is 0. The molecule has 1 amide bonds. The Morgan fingerprint density at radius 1 is 1.08 bits per heavy atom. The van der Waals surface area contributed by atoms with Crippen LogP contribution in [0.15, 0.2) is 36.4 Å². The third kappa shape index (κ3) is 5.02. The van der Waals surface area contributed by atoms with Crippen molar-refractivity contribution in [2.45, 2.75) is 0 Å². The lowest BCUT2D eigenvalue weighted by atomic mass is 10.2. The molecule has 132 valence electrons. The Morgan fingerprint density at radius 2 is 1.72 bits per heavy atom. The van der Waals surface area contributed by atoms with Crippen LogP contribution >= 0.6 is 11.6 Å². The number of amides is 1. The van der Waals surface area contributed by atoms with Gasteiger partial charge in [-0.3, -0.25) is 4.79 Å². The standard InChI is InChI=1S/C17H17ClN2O5/c1-23-12-6-11(7-13(8-12)24-2)20-16(21)9-25-17(22)10-3-4-14(18)15(19)5-10/h3-8H,9,19H2,1-2H3,(H,20,21). The van der Waals surface area contributed by atoms with Gasteiger partial charge in [0.15, 0.2) is 6.61 Å². The molecule has 0 radical (unpaired) electrons. The fraction of sp³-hybridized carbons (Fsp3) is 0.176. The molecule has 0 aliphatic carbocycles. The normalized spacial score (nSPS) is 10.0. The first-order chi connectivity index (χ1) is 11.9. The molecule has 0 fully saturated rings. The number of nitrogens with one attached hydrogen (secondary N) is 1. The summed E-state index contributed by atoms with van der Waals surface area (Å²) < 4.78 is 15.2. The zero-order chi connectivity index (χ0) is 18.4. The Kier molecular flexibility index (Phi) is 6.08. The van der Waals surface area contributed by atoms with Crippen LogP contribution in [0.25, 0.3) is 0 Å². The van der Waals surface area contributed by atoms with Gasteiger partial charge in [-0.2, -0.15) is 0 Å². The van der Waals surface area contributed by atoms with E-state index in [9.17, 15) is 9.59 Å². The van der Waals surface area contributed by atoms with Gasteiger partial charge in [-0.15, -0.1) is 0 Å². The van der Waals surface area contributed by atoms with Crippen LogP contribution in [0.4, 0.5) is 11.4 Å². The second kappa shape index (κ2) is 8.25. The summed E-state index contributed by atoms with van der Waals surface area (Å²) in [5.41, 5.74) is 6.54. The molecule has 2 rings (SSSR count). The molecule has 0 heterocycles. The van der Waals surface area contributed by atoms with E-state index >= 15 is 0 Å². The maximum atomic E-state index is 12.0. The number of rotatable bonds is 6. The lowest BCUT2D eigenvalue weighted by molar-refractivity contribution is -0.119. The molecule has 2 aromatic rings. The smallest absolute Gasteiger partial charge is 0.338 e. The Hall–Kier alpha value is -2.93. The number of carbonyl (C=O) groups is 2. The first-order valence-electron chi connectivity index (χ1n) is 7.18. The van der Waals surface area contributed by atoms with Crippen LogP contribution in [-0.2, 0) is 9.53 Å². The van der Waals surface area contributed by atoms with Gasteiger partial charge in [-0.25, -0.2) is 4.79 Å². The lowest BCUT2D eigenvalue weighted by Gasteiger charge is -2.10. The number of ether oxygens (including phenoxy) is 3. The zero-order valence-corrected chi connectivity index (χ0v) is 14.4. The highest BCUT2D eigenvalue weighted by Gasteiger charge is 2.12. The summed E-state index contributed by atoms with van der Waals surface area (Å²) in [6, 6.07) is 9.22. The number of nitrogens with two attached hydrogens (primary N) is 1. The van der Waals surface area contributed by atoms with Gasteiger partial charge < -0.3 is 25.3 Å². The highest BCUT2D eigenvalue weighted by Crippen LogP contribution is 2.25. The van der Waals surface area contributed by atoms with Crippen LogP contribution in [0.5, 0.6) is 11.5 Å². The van der Waals surface area contributed by atoms with Crippen molar-refractivity contribution in [3.8, 4) is 11.5 Å². The van der Waals surface area contributed by atoms with E-state index in [1.807, 2.05) is 0 Å². The van der Waals surface area contributed by atoms with E-state index < -0.39 is 18.5 Å². The molecule has 0 bridgehead atoms. The lowest BCUT2D eigenvalue weighted by Crippen LogP contribution is -2.21. The summed E-state index contributed by atoms with van der Waals surface area (Å²) in [4.78, 5) is 23.9. The van der Waals surface area contributed by atoms with Gasteiger partial charge in [0.1, 0.15) is 11.5 Å².